The number of sulfonamides is 1. The van der Waals surface area contributed by atoms with Crippen LogP contribution in [0.3, 0.4) is 0 Å². The van der Waals surface area contributed by atoms with Crippen LogP contribution in [0.25, 0.3) is 0 Å². The Balaban J connectivity index is 1.64. The maximum absolute atomic E-state index is 12.6. The molecule has 8 nitrogen and oxygen atoms in total. The first-order valence-electron chi connectivity index (χ1n) is 9.17. The van der Waals surface area contributed by atoms with Crippen molar-refractivity contribution >= 4 is 21.6 Å². The molecule has 1 aromatic heterocycles. The van der Waals surface area contributed by atoms with Crippen LogP contribution < -0.4 is 5.32 Å². The van der Waals surface area contributed by atoms with E-state index in [4.69, 9.17) is 4.74 Å². The number of nitrogens with zero attached hydrogens (tertiary/aromatic N) is 2. The minimum absolute atomic E-state index is 0.0820. The number of ether oxygens (including phenoxy) is 1. The largest absolute Gasteiger partial charge is 0.379 e. The number of anilines is 1. The van der Waals surface area contributed by atoms with Gasteiger partial charge in [0.2, 0.25) is 10.0 Å². The third kappa shape index (κ3) is 4.99. The number of amides is 1. The molecule has 3 rings (SSSR count). The van der Waals surface area contributed by atoms with Crippen LogP contribution in [-0.4, -0.2) is 75.5 Å². The number of H-pyrrole nitrogens is 1. The second-order valence-electron chi connectivity index (χ2n) is 6.97. The van der Waals surface area contributed by atoms with Crippen LogP contribution in [0.5, 0.6) is 0 Å². The molecule has 1 fully saturated rings. The van der Waals surface area contributed by atoms with E-state index in [1.165, 1.54) is 22.1 Å². The number of aromatic nitrogens is 1. The van der Waals surface area contributed by atoms with Crippen molar-refractivity contribution in [1.82, 2.24) is 14.2 Å². The molecule has 0 spiro atoms. The molecule has 9 heteroatoms. The predicted molar refractivity (Wildman–Crippen MR) is 107 cm³/mol. The summed E-state index contributed by atoms with van der Waals surface area (Å²) in [4.78, 5) is 17.4. The van der Waals surface area contributed by atoms with E-state index in [0.717, 1.165) is 13.0 Å². The monoisotopic (exact) mass is 406 g/mol. The summed E-state index contributed by atoms with van der Waals surface area (Å²) >= 11 is 0. The first kappa shape index (κ1) is 20.5. The van der Waals surface area contributed by atoms with Gasteiger partial charge in [-0.25, -0.2) is 8.42 Å². The van der Waals surface area contributed by atoms with Crippen LogP contribution >= 0.6 is 0 Å². The summed E-state index contributed by atoms with van der Waals surface area (Å²) in [6.07, 6.45) is 2.28. The zero-order valence-electron chi connectivity index (χ0n) is 16.1. The van der Waals surface area contributed by atoms with E-state index in [1.807, 2.05) is 38.4 Å². The first-order chi connectivity index (χ1) is 13.4. The van der Waals surface area contributed by atoms with Crippen LogP contribution in [0.2, 0.25) is 0 Å². The zero-order chi connectivity index (χ0) is 20.1. The highest BCUT2D eigenvalue weighted by molar-refractivity contribution is 7.89. The van der Waals surface area contributed by atoms with Gasteiger partial charge in [0.25, 0.3) is 5.91 Å². The van der Waals surface area contributed by atoms with Crippen molar-refractivity contribution in [2.75, 3.05) is 52.3 Å². The molecule has 0 aliphatic carbocycles. The number of hydrogen-bond donors (Lipinski definition) is 2. The van der Waals surface area contributed by atoms with Crippen molar-refractivity contribution in [2.24, 2.45) is 0 Å². The Morgan fingerprint density at radius 3 is 2.54 bits per heavy atom. The van der Waals surface area contributed by atoms with Gasteiger partial charge in [-0.2, -0.15) is 4.31 Å². The maximum atomic E-state index is 12.6. The maximum Gasteiger partial charge on any atom is 0.272 e. The van der Waals surface area contributed by atoms with Crippen molar-refractivity contribution in [1.29, 1.82) is 0 Å². The number of carbonyl (C=O) groups is 1. The summed E-state index contributed by atoms with van der Waals surface area (Å²) in [6, 6.07) is 9.00. The number of hydrogen-bond acceptors (Lipinski definition) is 5. The average molecular weight is 407 g/mol. The number of carbonyl (C=O) groups excluding carboxylic acids is 1. The summed E-state index contributed by atoms with van der Waals surface area (Å²) in [5.41, 5.74) is 2.04. The Kier molecular flexibility index (Phi) is 6.50. The topological polar surface area (TPSA) is 94.7 Å². The zero-order valence-corrected chi connectivity index (χ0v) is 17.0. The van der Waals surface area contributed by atoms with E-state index in [-0.39, 0.29) is 16.5 Å². The summed E-state index contributed by atoms with van der Waals surface area (Å²) in [5.74, 6) is -0.385. The van der Waals surface area contributed by atoms with Gasteiger partial charge in [0.1, 0.15) is 10.6 Å². The van der Waals surface area contributed by atoms with Crippen molar-refractivity contribution in [3.63, 3.8) is 0 Å². The summed E-state index contributed by atoms with van der Waals surface area (Å²) < 4.78 is 31.9. The predicted octanol–water partition coefficient (Wildman–Crippen LogP) is 1.39. The second kappa shape index (κ2) is 8.87. The number of nitrogens with one attached hydrogen (secondary N) is 2. The van der Waals surface area contributed by atoms with Crippen molar-refractivity contribution in [2.45, 2.75) is 11.3 Å². The summed E-state index contributed by atoms with van der Waals surface area (Å²) in [6.45, 7) is 2.34. The number of benzene rings is 1. The highest BCUT2D eigenvalue weighted by atomic mass is 32.2. The lowest BCUT2D eigenvalue weighted by Crippen LogP contribution is -2.40. The van der Waals surface area contributed by atoms with Crippen LogP contribution in [-0.2, 0) is 21.2 Å². The van der Waals surface area contributed by atoms with Gasteiger partial charge < -0.3 is 19.9 Å². The third-order valence-electron chi connectivity index (χ3n) is 4.57. The fraction of sp³-hybridized carbons (Fsp3) is 0.421. The minimum atomic E-state index is -3.63. The van der Waals surface area contributed by atoms with E-state index in [0.29, 0.717) is 32.0 Å². The molecule has 1 amide bonds. The smallest absolute Gasteiger partial charge is 0.272 e. The first-order valence-corrected chi connectivity index (χ1v) is 10.6. The summed E-state index contributed by atoms with van der Waals surface area (Å²) in [5, 5.41) is 2.79. The molecule has 28 heavy (non-hydrogen) atoms. The molecule has 152 valence electrons. The molecule has 2 N–H and O–H groups in total. The van der Waals surface area contributed by atoms with Gasteiger partial charge in [0.15, 0.2) is 0 Å². The van der Waals surface area contributed by atoms with Crippen LogP contribution in [0, 0.1) is 0 Å². The highest BCUT2D eigenvalue weighted by Gasteiger charge is 2.27. The number of likely N-dealkylation sites (N-methyl/N-ethyl adjacent to an activating group) is 1. The third-order valence-corrected chi connectivity index (χ3v) is 6.44. The average Bonchev–Trinajstić information content (AvgIpc) is 3.19. The quantitative estimate of drug-likeness (QED) is 0.725. The van der Waals surface area contributed by atoms with Crippen molar-refractivity contribution in [3.8, 4) is 0 Å². The number of morpholine rings is 1. The molecule has 1 aliphatic rings. The molecule has 1 saturated heterocycles. The SMILES string of the molecule is CN(C)CCc1ccc(NC(=O)c2cc(S(=O)(=O)N3CCOCC3)c[nH]2)cc1. The molecule has 1 aromatic carbocycles. The fourth-order valence-corrected chi connectivity index (χ4v) is 4.30. The standard InChI is InChI=1S/C19H26N4O4S/c1-22(2)8-7-15-3-5-16(6-4-15)21-19(24)18-13-17(14-20-18)28(25,26)23-9-11-27-12-10-23/h3-6,13-14,20H,7-12H2,1-2H3,(H,21,24). The molecule has 0 unspecified atom stereocenters. The van der Waals surface area contributed by atoms with E-state index < -0.39 is 10.0 Å². The minimum Gasteiger partial charge on any atom is -0.379 e. The Bertz CT molecular complexity index is 900. The molecular weight excluding hydrogens is 380 g/mol. The van der Waals surface area contributed by atoms with Gasteiger partial charge >= 0.3 is 0 Å². The molecule has 0 saturated carbocycles. The normalized spacial score (nSPS) is 15.7. The number of aromatic amines is 1. The van der Waals surface area contributed by atoms with E-state index >= 15 is 0 Å². The van der Waals surface area contributed by atoms with E-state index in [2.05, 4.69) is 15.2 Å². The summed E-state index contributed by atoms with van der Waals surface area (Å²) in [7, 11) is 0.424. The lowest BCUT2D eigenvalue weighted by Gasteiger charge is -2.25. The highest BCUT2D eigenvalue weighted by Crippen LogP contribution is 2.19. The molecule has 0 radical (unpaired) electrons. The van der Waals surface area contributed by atoms with Crippen molar-refractivity contribution in [3.05, 3.63) is 47.8 Å². The molecular formula is C19H26N4O4S. The fourth-order valence-electron chi connectivity index (χ4n) is 2.90. The van der Waals surface area contributed by atoms with Gasteiger partial charge in [-0.05, 0) is 44.3 Å². The van der Waals surface area contributed by atoms with Gasteiger partial charge in [-0.15, -0.1) is 0 Å². The molecule has 2 aromatic rings. The molecule has 0 atom stereocenters. The molecule has 2 heterocycles. The van der Waals surface area contributed by atoms with Crippen LogP contribution in [0.4, 0.5) is 5.69 Å². The van der Waals surface area contributed by atoms with Gasteiger partial charge in [0.05, 0.1) is 13.2 Å². The van der Waals surface area contributed by atoms with Gasteiger partial charge in [0, 0.05) is 31.5 Å². The Morgan fingerprint density at radius 1 is 1.21 bits per heavy atom. The van der Waals surface area contributed by atoms with E-state index in [1.54, 1.807) is 0 Å². The Morgan fingerprint density at radius 2 is 1.89 bits per heavy atom. The van der Waals surface area contributed by atoms with Gasteiger partial charge in [-0.1, -0.05) is 12.1 Å². The van der Waals surface area contributed by atoms with Crippen LogP contribution in [0.1, 0.15) is 16.1 Å². The Labute approximate surface area is 165 Å². The molecule has 1 aliphatic heterocycles. The van der Waals surface area contributed by atoms with Gasteiger partial charge in [-0.3, -0.25) is 4.79 Å². The lowest BCUT2D eigenvalue weighted by atomic mass is 10.1. The Hall–Kier alpha value is -2.20. The lowest BCUT2D eigenvalue weighted by molar-refractivity contribution is 0.0730. The van der Waals surface area contributed by atoms with Crippen LogP contribution in [0.15, 0.2) is 41.4 Å². The second-order valence-corrected chi connectivity index (χ2v) is 8.91. The van der Waals surface area contributed by atoms with Crippen molar-refractivity contribution < 1.29 is 17.9 Å². The number of rotatable bonds is 7. The molecule has 0 bridgehead atoms. The van der Waals surface area contributed by atoms with E-state index in [9.17, 15) is 13.2 Å².